The normalized spacial score (nSPS) is 13.6. The summed E-state index contributed by atoms with van der Waals surface area (Å²) in [5.41, 5.74) is 2.04. The quantitative estimate of drug-likeness (QED) is 0.691. The zero-order chi connectivity index (χ0) is 12.0. The summed E-state index contributed by atoms with van der Waals surface area (Å²) in [4.78, 5) is 9.16. The van der Waals surface area contributed by atoms with Gasteiger partial charge in [-0.1, -0.05) is 0 Å². The number of aromatic nitrogens is 3. The number of hydrogen-bond donors (Lipinski definition) is 0. The smallest absolute Gasteiger partial charge is 0.182 e. The molecule has 0 aliphatic carbocycles. The molecule has 0 fully saturated rings. The Balaban J connectivity index is 2.32. The number of nitrogens with zero attached hydrogens (tertiary/aromatic N) is 3. The second-order valence-corrected chi connectivity index (χ2v) is 5.13. The first kappa shape index (κ1) is 11.0. The molecule has 0 amide bonds. The van der Waals surface area contributed by atoms with Crippen molar-refractivity contribution in [3.05, 3.63) is 33.0 Å². The molecule has 0 saturated heterocycles. The first-order chi connectivity index (χ1) is 8.16. The Labute approximate surface area is 113 Å². The van der Waals surface area contributed by atoms with Crippen LogP contribution in [-0.2, 0) is 6.42 Å². The van der Waals surface area contributed by atoms with E-state index in [4.69, 9.17) is 4.74 Å². The maximum Gasteiger partial charge on any atom is 0.182 e. The van der Waals surface area contributed by atoms with Gasteiger partial charge in [0.15, 0.2) is 11.6 Å². The zero-order valence-corrected chi connectivity index (χ0v) is 11.9. The van der Waals surface area contributed by atoms with E-state index in [0.717, 1.165) is 38.9 Å². The number of halogens is 1. The summed E-state index contributed by atoms with van der Waals surface area (Å²) in [7, 11) is 0. The van der Waals surface area contributed by atoms with Crippen LogP contribution in [0.4, 0.5) is 0 Å². The van der Waals surface area contributed by atoms with Crippen LogP contribution in [0, 0.1) is 17.5 Å². The fourth-order valence-corrected chi connectivity index (χ4v) is 2.63. The average Bonchev–Trinajstić information content (AvgIpc) is 2.47. The third-order valence-corrected chi connectivity index (χ3v) is 4.09. The Morgan fingerprint density at radius 2 is 2.12 bits per heavy atom. The van der Waals surface area contributed by atoms with Crippen molar-refractivity contribution in [2.75, 3.05) is 6.61 Å². The van der Waals surface area contributed by atoms with Crippen LogP contribution < -0.4 is 4.74 Å². The Morgan fingerprint density at radius 3 is 2.94 bits per heavy atom. The van der Waals surface area contributed by atoms with E-state index in [9.17, 15) is 0 Å². The topological polar surface area (TPSA) is 39.9 Å². The van der Waals surface area contributed by atoms with E-state index in [1.54, 1.807) is 0 Å². The zero-order valence-electron chi connectivity index (χ0n) is 9.70. The molecule has 3 heterocycles. The molecule has 0 radical (unpaired) electrons. The molecule has 4 nitrogen and oxygen atoms in total. The highest BCUT2D eigenvalue weighted by atomic mass is 127. The van der Waals surface area contributed by atoms with Crippen molar-refractivity contribution >= 4 is 22.6 Å². The highest BCUT2D eigenvalue weighted by Gasteiger charge is 2.21. The highest BCUT2D eigenvalue weighted by molar-refractivity contribution is 14.1. The summed E-state index contributed by atoms with van der Waals surface area (Å²) in [5.74, 6) is 2.73. The number of fused-ring (bicyclic) bond motifs is 3. The summed E-state index contributed by atoms with van der Waals surface area (Å²) in [6, 6.07) is 3.96. The van der Waals surface area contributed by atoms with Gasteiger partial charge in [-0.2, -0.15) is 0 Å². The van der Waals surface area contributed by atoms with Crippen LogP contribution >= 0.6 is 22.6 Å². The standard InChI is InChI=1S/C12H12IN3O/c1-7-3-4-9-12(14-7)16-10(5-6-17-9)15-8(2)11(16)13/h3-4H,5-6H2,1-2H3. The van der Waals surface area contributed by atoms with Crippen LogP contribution in [0.15, 0.2) is 12.1 Å². The lowest BCUT2D eigenvalue weighted by molar-refractivity contribution is 0.324. The van der Waals surface area contributed by atoms with Crippen molar-refractivity contribution in [3.8, 4) is 11.6 Å². The molecule has 1 aliphatic heterocycles. The SMILES string of the molecule is Cc1ccc2c(n1)-n1c(nc(C)c1I)CCO2. The molecule has 0 saturated carbocycles. The lowest BCUT2D eigenvalue weighted by Crippen LogP contribution is -2.04. The summed E-state index contributed by atoms with van der Waals surface area (Å²) in [6.45, 7) is 4.67. The van der Waals surface area contributed by atoms with Crippen molar-refractivity contribution in [3.63, 3.8) is 0 Å². The van der Waals surface area contributed by atoms with Gasteiger partial charge in [0.25, 0.3) is 0 Å². The summed E-state index contributed by atoms with van der Waals surface area (Å²) < 4.78 is 8.93. The van der Waals surface area contributed by atoms with Crippen LogP contribution in [0.2, 0.25) is 0 Å². The molecule has 0 N–H and O–H groups in total. The monoisotopic (exact) mass is 341 g/mol. The van der Waals surface area contributed by atoms with Crippen LogP contribution in [0.3, 0.4) is 0 Å². The molecular formula is C12H12IN3O. The van der Waals surface area contributed by atoms with Crippen LogP contribution in [0.1, 0.15) is 17.2 Å². The average molecular weight is 341 g/mol. The molecular weight excluding hydrogens is 329 g/mol. The van der Waals surface area contributed by atoms with Crippen LogP contribution in [0.5, 0.6) is 5.75 Å². The van der Waals surface area contributed by atoms with Gasteiger partial charge in [0.2, 0.25) is 0 Å². The van der Waals surface area contributed by atoms with Crippen molar-refractivity contribution in [2.45, 2.75) is 20.3 Å². The van der Waals surface area contributed by atoms with Crippen molar-refractivity contribution in [1.82, 2.24) is 14.5 Å². The molecule has 0 atom stereocenters. The molecule has 2 aromatic heterocycles. The number of ether oxygens (including phenoxy) is 1. The van der Waals surface area contributed by atoms with Crippen molar-refractivity contribution in [2.24, 2.45) is 0 Å². The number of pyridine rings is 1. The minimum Gasteiger partial charge on any atom is -0.489 e. The Morgan fingerprint density at radius 1 is 1.29 bits per heavy atom. The first-order valence-corrected chi connectivity index (χ1v) is 6.59. The third kappa shape index (κ3) is 1.72. The summed E-state index contributed by atoms with van der Waals surface area (Å²) in [5, 5.41) is 0. The molecule has 0 spiro atoms. The van der Waals surface area contributed by atoms with Crippen LogP contribution in [-0.4, -0.2) is 21.1 Å². The van der Waals surface area contributed by atoms with Crippen molar-refractivity contribution in [1.29, 1.82) is 0 Å². The summed E-state index contributed by atoms with van der Waals surface area (Å²) in [6.07, 6.45) is 0.819. The van der Waals surface area contributed by atoms with E-state index in [0.29, 0.717) is 6.61 Å². The molecule has 88 valence electrons. The van der Waals surface area contributed by atoms with E-state index < -0.39 is 0 Å². The molecule has 5 heteroatoms. The van der Waals surface area contributed by atoms with Crippen molar-refractivity contribution < 1.29 is 4.74 Å². The van der Waals surface area contributed by atoms with E-state index in [1.165, 1.54) is 0 Å². The molecule has 0 bridgehead atoms. The van der Waals surface area contributed by atoms with E-state index in [1.807, 2.05) is 26.0 Å². The first-order valence-electron chi connectivity index (χ1n) is 5.51. The van der Waals surface area contributed by atoms with Gasteiger partial charge in [-0.25, -0.2) is 9.97 Å². The number of hydrogen-bond acceptors (Lipinski definition) is 3. The fraction of sp³-hybridized carbons (Fsp3) is 0.333. The minimum atomic E-state index is 0.657. The predicted octanol–water partition coefficient (Wildman–Crippen LogP) is 2.42. The molecule has 1 aliphatic rings. The molecule has 2 aromatic rings. The largest absolute Gasteiger partial charge is 0.489 e. The Kier molecular flexibility index (Phi) is 2.57. The highest BCUT2D eigenvalue weighted by Crippen LogP contribution is 2.29. The van der Waals surface area contributed by atoms with Gasteiger partial charge in [-0.3, -0.25) is 4.57 Å². The van der Waals surface area contributed by atoms with Gasteiger partial charge in [0.05, 0.1) is 12.3 Å². The summed E-state index contributed by atoms with van der Waals surface area (Å²) >= 11 is 2.31. The second-order valence-electron chi connectivity index (χ2n) is 4.11. The van der Waals surface area contributed by atoms with E-state index in [2.05, 4.69) is 37.1 Å². The van der Waals surface area contributed by atoms with Gasteiger partial charge < -0.3 is 4.74 Å². The maximum absolute atomic E-state index is 5.71. The van der Waals surface area contributed by atoms with Crippen LogP contribution in [0.25, 0.3) is 5.82 Å². The molecule has 0 unspecified atom stereocenters. The third-order valence-electron chi connectivity index (χ3n) is 2.82. The number of aryl methyl sites for hydroxylation is 2. The minimum absolute atomic E-state index is 0.657. The van der Waals surface area contributed by atoms with Gasteiger partial charge in [0.1, 0.15) is 9.53 Å². The maximum atomic E-state index is 5.71. The van der Waals surface area contributed by atoms with Gasteiger partial charge in [-0.05, 0) is 48.6 Å². The second kappa shape index (κ2) is 3.97. The molecule has 3 rings (SSSR count). The predicted molar refractivity (Wildman–Crippen MR) is 72.7 cm³/mol. The number of rotatable bonds is 0. The Hall–Kier alpha value is -1.11. The number of imidazole rings is 1. The lowest BCUT2D eigenvalue weighted by atomic mass is 10.3. The molecule has 0 aromatic carbocycles. The fourth-order valence-electron chi connectivity index (χ4n) is 2.00. The lowest BCUT2D eigenvalue weighted by Gasteiger charge is -2.09. The van der Waals surface area contributed by atoms with Gasteiger partial charge >= 0.3 is 0 Å². The van der Waals surface area contributed by atoms with E-state index in [-0.39, 0.29) is 0 Å². The van der Waals surface area contributed by atoms with Gasteiger partial charge in [-0.15, -0.1) is 0 Å². The van der Waals surface area contributed by atoms with E-state index >= 15 is 0 Å². The molecule has 17 heavy (non-hydrogen) atoms. The van der Waals surface area contributed by atoms with Gasteiger partial charge in [0, 0.05) is 12.1 Å². The Bertz CT molecular complexity index is 592.